The third-order valence-corrected chi connectivity index (χ3v) is 6.61. The number of piperidine rings is 1. The Balaban J connectivity index is 1.88. The zero-order chi connectivity index (χ0) is 20.0. The number of methoxy groups -OCH3 is 2. The van der Waals surface area contributed by atoms with E-state index in [1.54, 1.807) is 14.2 Å². The summed E-state index contributed by atoms with van der Waals surface area (Å²) in [5.74, 6) is 0.890. The number of ether oxygens (including phenoxy) is 2. The van der Waals surface area contributed by atoms with Gasteiger partial charge in [-0.25, -0.2) is 0 Å². The van der Waals surface area contributed by atoms with Gasteiger partial charge in [0.1, 0.15) is 0 Å². The van der Waals surface area contributed by atoms with E-state index >= 15 is 0 Å². The fourth-order valence-corrected chi connectivity index (χ4v) is 4.30. The average molecular weight is 400 g/mol. The Morgan fingerprint density at radius 3 is 2.59 bits per heavy atom. The predicted octanol–water partition coefficient (Wildman–Crippen LogP) is 0.881. The van der Waals surface area contributed by atoms with Gasteiger partial charge in [-0.2, -0.15) is 17.0 Å². The number of carbonyl (C=O) groups excluding carboxylic acids is 1. The molecule has 1 N–H and O–H groups in total. The molecule has 1 fully saturated rings. The lowest BCUT2D eigenvalue weighted by Crippen LogP contribution is -2.49. The first-order chi connectivity index (χ1) is 12.8. The standard InChI is InChI=1S/C18H29N3O5S/c1-20(2)27(23,24)21-11-5-6-15(13-21)18(22)19-10-9-14-7-8-16(25-3)17(12-14)26-4/h7-8,12,15H,5-6,9-11,13H2,1-4H3,(H,19,22). The second-order valence-corrected chi connectivity index (χ2v) is 8.86. The molecule has 2 rings (SSSR count). The van der Waals surface area contributed by atoms with Crippen LogP contribution in [0.15, 0.2) is 18.2 Å². The topological polar surface area (TPSA) is 88.2 Å². The zero-order valence-electron chi connectivity index (χ0n) is 16.4. The van der Waals surface area contributed by atoms with Gasteiger partial charge in [-0.1, -0.05) is 6.07 Å². The van der Waals surface area contributed by atoms with E-state index in [-0.39, 0.29) is 18.4 Å². The molecule has 1 unspecified atom stereocenters. The number of carbonyl (C=O) groups is 1. The molecule has 27 heavy (non-hydrogen) atoms. The maximum absolute atomic E-state index is 12.5. The van der Waals surface area contributed by atoms with Crippen molar-refractivity contribution in [2.75, 3.05) is 47.9 Å². The van der Waals surface area contributed by atoms with Gasteiger partial charge in [0.25, 0.3) is 10.2 Å². The minimum atomic E-state index is -3.48. The SMILES string of the molecule is COc1ccc(CCNC(=O)C2CCCN(S(=O)(=O)N(C)C)C2)cc1OC. The third kappa shape index (κ3) is 5.33. The summed E-state index contributed by atoms with van der Waals surface area (Å²) in [6.07, 6.45) is 2.03. The smallest absolute Gasteiger partial charge is 0.281 e. The minimum Gasteiger partial charge on any atom is -0.493 e. The summed E-state index contributed by atoms with van der Waals surface area (Å²) in [5.41, 5.74) is 1.02. The van der Waals surface area contributed by atoms with Gasteiger partial charge in [-0.05, 0) is 37.0 Å². The van der Waals surface area contributed by atoms with E-state index in [0.717, 1.165) is 5.56 Å². The molecule has 0 bridgehead atoms. The van der Waals surface area contributed by atoms with Crippen LogP contribution in [0.5, 0.6) is 11.5 Å². The Labute approximate surface area is 161 Å². The monoisotopic (exact) mass is 399 g/mol. The number of hydrogen-bond donors (Lipinski definition) is 1. The molecule has 1 saturated heterocycles. The normalized spacial score (nSPS) is 18.3. The Bertz CT molecular complexity index is 751. The minimum absolute atomic E-state index is 0.103. The van der Waals surface area contributed by atoms with E-state index in [4.69, 9.17) is 9.47 Å². The molecule has 152 valence electrons. The second kappa shape index (κ2) is 9.38. The van der Waals surface area contributed by atoms with E-state index in [1.807, 2.05) is 18.2 Å². The lowest BCUT2D eigenvalue weighted by Gasteiger charge is -2.32. The van der Waals surface area contributed by atoms with Gasteiger partial charge in [0.15, 0.2) is 11.5 Å². The first-order valence-corrected chi connectivity index (χ1v) is 10.4. The fourth-order valence-electron chi connectivity index (χ4n) is 3.11. The highest BCUT2D eigenvalue weighted by Crippen LogP contribution is 2.27. The van der Waals surface area contributed by atoms with E-state index in [2.05, 4.69) is 5.32 Å². The number of benzene rings is 1. The van der Waals surface area contributed by atoms with Crippen LogP contribution in [0.3, 0.4) is 0 Å². The first kappa shape index (κ1) is 21.5. The van der Waals surface area contributed by atoms with Gasteiger partial charge in [0.2, 0.25) is 5.91 Å². The first-order valence-electron chi connectivity index (χ1n) is 8.95. The summed E-state index contributed by atoms with van der Waals surface area (Å²) in [6, 6.07) is 5.65. The maximum atomic E-state index is 12.5. The van der Waals surface area contributed by atoms with E-state index in [9.17, 15) is 13.2 Å². The lowest BCUT2D eigenvalue weighted by atomic mass is 9.99. The van der Waals surface area contributed by atoms with E-state index < -0.39 is 10.2 Å². The van der Waals surface area contributed by atoms with E-state index in [0.29, 0.717) is 43.9 Å². The highest BCUT2D eigenvalue weighted by Gasteiger charge is 2.33. The Morgan fingerprint density at radius 1 is 1.26 bits per heavy atom. The van der Waals surface area contributed by atoms with Gasteiger partial charge in [-0.15, -0.1) is 0 Å². The van der Waals surface area contributed by atoms with Crippen LogP contribution in [0.2, 0.25) is 0 Å². The van der Waals surface area contributed by atoms with Gasteiger partial charge in [0, 0.05) is 33.7 Å². The second-order valence-electron chi connectivity index (χ2n) is 6.72. The molecule has 8 nitrogen and oxygen atoms in total. The molecule has 1 heterocycles. The number of hydrogen-bond acceptors (Lipinski definition) is 5. The summed E-state index contributed by atoms with van der Waals surface area (Å²) in [4.78, 5) is 12.5. The summed E-state index contributed by atoms with van der Waals surface area (Å²) < 4.78 is 37.6. The van der Waals surface area contributed by atoms with Crippen LogP contribution < -0.4 is 14.8 Å². The molecular weight excluding hydrogens is 370 g/mol. The Hall–Kier alpha value is -1.84. The van der Waals surface area contributed by atoms with Crippen molar-refractivity contribution in [1.82, 2.24) is 13.9 Å². The van der Waals surface area contributed by atoms with Crippen molar-refractivity contribution in [2.24, 2.45) is 5.92 Å². The molecule has 0 saturated carbocycles. The molecule has 1 aromatic carbocycles. The van der Waals surface area contributed by atoms with Crippen LogP contribution in [0.4, 0.5) is 0 Å². The highest BCUT2D eigenvalue weighted by atomic mass is 32.2. The van der Waals surface area contributed by atoms with Crippen LogP contribution in [0.25, 0.3) is 0 Å². The van der Waals surface area contributed by atoms with Gasteiger partial charge >= 0.3 is 0 Å². The van der Waals surface area contributed by atoms with Gasteiger partial charge < -0.3 is 14.8 Å². The zero-order valence-corrected chi connectivity index (χ0v) is 17.2. The molecule has 1 aliphatic rings. The van der Waals surface area contributed by atoms with Crippen LogP contribution in [0.1, 0.15) is 18.4 Å². The molecule has 0 spiro atoms. The maximum Gasteiger partial charge on any atom is 0.281 e. The Kier molecular flexibility index (Phi) is 7.46. The van der Waals surface area contributed by atoms with Crippen molar-refractivity contribution < 1.29 is 22.7 Å². The summed E-state index contributed by atoms with van der Waals surface area (Å²) >= 11 is 0. The largest absolute Gasteiger partial charge is 0.493 e. The quantitative estimate of drug-likeness (QED) is 0.701. The van der Waals surface area contributed by atoms with Crippen molar-refractivity contribution >= 4 is 16.1 Å². The van der Waals surface area contributed by atoms with Gasteiger partial charge in [-0.3, -0.25) is 4.79 Å². The lowest BCUT2D eigenvalue weighted by molar-refractivity contribution is -0.126. The number of rotatable bonds is 8. The molecule has 1 aliphatic heterocycles. The molecular formula is C18H29N3O5S. The highest BCUT2D eigenvalue weighted by molar-refractivity contribution is 7.86. The molecule has 1 atom stereocenters. The van der Waals surface area contributed by atoms with Crippen LogP contribution in [-0.2, 0) is 21.4 Å². The van der Waals surface area contributed by atoms with Crippen LogP contribution in [0, 0.1) is 5.92 Å². The van der Waals surface area contributed by atoms with Crippen molar-refractivity contribution in [2.45, 2.75) is 19.3 Å². The number of nitrogens with one attached hydrogen (secondary N) is 1. The molecule has 0 radical (unpaired) electrons. The molecule has 1 aromatic rings. The Morgan fingerprint density at radius 2 is 1.96 bits per heavy atom. The average Bonchev–Trinajstić information content (AvgIpc) is 2.67. The molecule has 0 aliphatic carbocycles. The van der Waals surface area contributed by atoms with Crippen molar-refractivity contribution in [3.8, 4) is 11.5 Å². The summed E-state index contributed by atoms with van der Waals surface area (Å²) in [7, 11) is 2.69. The van der Waals surface area contributed by atoms with Gasteiger partial charge in [0.05, 0.1) is 20.1 Å². The molecule has 0 aromatic heterocycles. The van der Waals surface area contributed by atoms with Crippen LogP contribution in [-0.4, -0.2) is 70.9 Å². The van der Waals surface area contributed by atoms with E-state index in [1.165, 1.54) is 22.7 Å². The van der Waals surface area contributed by atoms with Crippen molar-refractivity contribution in [3.63, 3.8) is 0 Å². The number of amides is 1. The predicted molar refractivity (Wildman–Crippen MR) is 103 cm³/mol. The van der Waals surface area contributed by atoms with Crippen molar-refractivity contribution in [3.05, 3.63) is 23.8 Å². The summed E-state index contributed by atoms with van der Waals surface area (Å²) in [5, 5.41) is 2.92. The summed E-state index contributed by atoms with van der Waals surface area (Å²) in [6.45, 7) is 1.16. The molecule has 9 heteroatoms. The van der Waals surface area contributed by atoms with Crippen molar-refractivity contribution in [1.29, 1.82) is 0 Å². The third-order valence-electron chi connectivity index (χ3n) is 4.70. The number of nitrogens with zero attached hydrogens (tertiary/aromatic N) is 2. The fraction of sp³-hybridized carbons (Fsp3) is 0.611. The molecule has 1 amide bonds. The van der Waals surface area contributed by atoms with Crippen LogP contribution >= 0.6 is 0 Å².